The van der Waals surface area contributed by atoms with Crippen LogP contribution in [0.2, 0.25) is 0 Å². The van der Waals surface area contributed by atoms with Crippen LogP contribution in [0.3, 0.4) is 0 Å². The molecule has 1 aromatic rings. The van der Waals surface area contributed by atoms with Crippen LogP contribution in [-0.2, 0) is 16.1 Å². The lowest BCUT2D eigenvalue weighted by molar-refractivity contribution is -0.149. The van der Waals surface area contributed by atoms with E-state index in [0.717, 1.165) is 19.5 Å². The Morgan fingerprint density at radius 3 is 2.71 bits per heavy atom. The molecule has 3 heterocycles. The molecule has 0 aromatic carbocycles. The summed E-state index contributed by atoms with van der Waals surface area (Å²) in [5.41, 5.74) is -0.787. The minimum absolute atomic E-state index is 0.0370. The normalized spacial score (nSPS) is 27.0. The maximum atomic E-state index is 12.5. The minimum Gasteiger partial charge on any atom is -0.481 e. The first kappa shape index (κ1) is 17.0. The Morgan fingerprint density at radius 2 is 2.12 bits per heavy atom. The molecule has 1 N–H and O–H groups in total. The zero-order valence-electron chi connectivity index (χ0n) is 14.4. The Hall–Kier alpha value is -1.89. The van der Waals surface area contributed by atoms with E-state index in [9.17, 15) is 14.7 Å². The quantitative estimate of drug-likeness (QED) is 0.837. The lowest BCUT2D eigenvalue weighted by Gasteiger charge is -2.27. The summed E-state index contributed by atoms with van der Waals surface area (Å²) in [5, 5.41) is 9.80. The van der Waals surface area contributed by atoms with Crippen LogP contribution in [0.5, 0.6) is 0 Å². The second-order valence-corrected chi connectivity index (χ2v) is 7.36. The fraction of sp³-hybridized carbons (Fsp3) is 0.706. The minimum atomic E-state index is -0.787. The van der Waals surface area contributed by atoms with Gasteiger partial charge in [-0.25, -0.2) is 4.98 Å². The number of rotatable bonds is 6. The Balaban J connectivity index is 1.57. The van der Waals surface area contributed by atoms with Gasteiger partial charge in [-0.3, -0.25) is 14.5 Å². The molecule has 3 rings (SSSR count). The van der Waals surface area contributed by atoms with Crippen LogP contribution >= 0.6 is 0 Å². The van der Waals surface area contributed by atoms with Gasteiger partial charge in [-0.15, -0.1) is 0 Å². The fourth-order valence-electron chi connectivity index (χ4n) is 3.98. The Morgan fingerprint density at radius 1 is 1.33 bits per heavy atom. The predicted molar refractivity (Wildman–Crippen MR) is 88.3 cm³/mol. The number of hydrogen-bond donors (Lipinski definition) is 1. The van der Waals surface area contributed by atoms with Crippen LogP contribution in [0.1, 0.15) is 26.7 Å². The highest BCUT2D eigenvalue weighted by Crippen LogP contribution is 2.43. The van der Waals surface area contributed by atoms with Crippen molar-refractivity contribution in [3.63, 3.8) is 0 Å². The van der Waals surface area contributed by atoms with Crippen LogP contribution in [0, 0.1) is 11.3 Å². The molecule has 0 bridgehead atoms. The van der Waals surface area contributed by atoms with E-state index in [1.165, 1.54) is 0 Å². The monoisotopic (exact) mass is 334 g/mol. The number of aryl methyl sites for hydroxylation is 1. The molecule has 0 saturated carbocycles. The van der Waals surface area contributed by atoms with Crippen molar-refractivity contribution in [3.8, 4) is 0 Å². The lowest BCUT2D eigenvalue weighted by Crippen LogP contribution is -2.43. The van der Waals surface area contributed by atoms with Crippen LogP contribution in [-0.4, -0.2) is 68.6 Å². The standard InChI is InChI=1S/C17H26N4O3/c1-13(2)20-8-14-9-21(11-17(14,10-20)16(23)24)15(22)4-3-6-19-7-5-18-12-19/h5,7,12-14H,3-4,6,8-11H2,1-2H3,(H,23,24). The highest BCUT2D eigenvalue weighted by molar-refractivity contribution is 5.81. The number of amides is 1. The number of imidazole rings is 1. The molecule has 0 spiro atoms. The Kier molecular flexibility index (Phi) is 4.62. The van der Waals surface area contributed by atoms with Gasteiger partial charge in [-0.1, -0.05) is 0 Å². The smallest absolute Gasteiger partial charge is 0.313 e. The molecule has 0 aliphatic carbocycles. The zero-order chi connectivity index (χ0) is 17.3. The van der Waals surface area contributed by atoms with E-state index in [-0.39, 0.29) is 11.8 Å². The van der Waals surface area contributed by atoms with Crippen molar-refractivity contribution in [1.82, 2.24) is 19.4 Å². The average Bonchev–Trinajstić information content (AvgIpc) is 3.20. The molecule has 1 amide bonds. The van der Waals surface area contributed by atoms with E-state index in [0.29, 0.717) is 32.1 Å². The van der Waals surface area contributed by atoms with Crippen LogP contribution in [0.4, 0.5) is 0 Å². The van der Waals surface area contributed by atoms with E-state index in [1.807, 2.05) is 10.8 Å². The van der Waals surface area contributed by atoms with E-state index < -0.39 is 11.4 Å². The van der Waals surface area contributed by atoms with Gasteiger partial charge in [-0.05, 0) is 20.3 Å². The summed E-state index contributed by atoms with van der Waals surface area (Å²) < 4.78 is 1.95. The number of carbonyl (C=O) groups is 2. The molecule has 2 saturated heterocycles. The summed E-state index contributed by atoms with van der Waals surface area (Å²) >= 11 is 0. The van der Waals surface area contributed by atoms with Crippen molar-refractivity contribution < 1.29 is 14.7 Å². The van der Waals surface area contributed by atoms with Crippen molar-refractivity contribution in [1.29, 1.82) is 0 Å². The molecule has 2 aliphatic rings. The van der Waals surface area contributed by atoms with Gasteiger partial charge in [0.05, 0.1) is 6.33 Å². The first-order chi connectivity index (χ1) is 11.4. The SMILES string of the molecule is CC(C)N1CC2CN(C(=O)CCCn3ccnc3)CC2(C(=O)O)C1. The number of likely N-dealkylation sites (tertiary alicyclic amines) is 2. The molecular formula is C17H26N4O3. The van der Waals surface area contributed by atoms with Crippen LogP contribution < -0.4 is 0 Å². The molecular weight excluding hydrogens is 308 g/mol. The predicted octanol–water partition coefficient (Wildman–Crippen LogP) is 0.917. The first-order valence-corrected chi connectivity index (χ1v) is 8.63. The maximum Gasteiger partial charge on any atom is 0.313 e. The topological polar surface area (TPSA) is 78.7 Å². The molecule has 2 aliphatic heterocycles. The van der Waals surface area contributed by atoms with Crippen molar-refractivity contribution >= 4 is 11.9 Å². The molecule has 0 radical (unpaired) electrons. The number of hydrogen-bond acceptors (Lipinski definition) is 4. The summed E-state index contributed by atoms with van der Waals surface area (Å²) in [6.07, 6.45) is 6.54. The van der Waals surface area contributed by atoms with Gasteiger partial charge in [0.1, 0.15) is 5.41 Å². The number of aliphatic carboxylic acids is 1. The third-order valence-electron chi connectivity index (χ3n) is 5.51. The van der Waals surface area contributed by atoms with Gasteiger partial charge in [-0.2, -0.15) is 0 Å². The van der Waals surface area contributed by atoms with E-state index in [4.69, 9.17) is 0 Å². The maximum absolute atomic E-state index is 12.5. The van der Waals surface area contributed by atoms with Crippen LogP contribution in [0.15, 0.2) is 18.7 Å². The fourth-order valence-corrected chi connectivity index (χ4v) is 3.98. The highest BCUT2D eigenvalue weighted by atomic mass is 16.4. The van der Waals surface area contributed by atoms with E-state index >= 15 is 0 Å². The average molecular weight is 334 g/mol. The number of aromatic nitrogens is 2. The van der Waals surface area contributed by atoms with Gasteiger partial charge in [0, 0.05) is 63.5 Å². The second-order valence-electron chi connectivity index (χ2n) is 7.36. The number of nitrogens with zero attached hydrogens (tertiary/aromatic N) is 4. The third kappa shape index (κ3) is 3.05. The molecule has 1 aromatic heterocycles. The van der Waals surface area contributed by atoms with Crippen molar-refractivity contribution in [3.05, 3.63) is 18.7 Å². The Labute approximate surface area is 142 Å². The van der Waals surface area contributed by atoms with Gasteiger partial charge in [0.15, 0.2) is 0 Å². The number of carbonyl (C=O) groups excluding carboxylic acids is 1. The molecule has 132 valence electrons. The van der Waals surface area contributed by atoms with Gasteiger partial charge in [0.2, 0.25) is 5.91 Å². The first-order valence-electron chi connectivity index (χ1n) is 8.63. The molecule has 7 nitrogen and oxygen atoms in total. The largest absolute Gasteiger partial charge is 0.481 e. The van der Waals surface area contributed by atoms with Crippen molar-refractivity contribution in [2.45, 2.75) is 39.3 Å². The summed E-state index contributed by atoms with van der Waals surface area (Å²) in [6, 6.07) is 0.339. The number of fused-ring (bicyclic) bond motifs is 1. The third-order valence-corrected chi connectivity index (χ3v) is 5.51. The second kappa shape index (κ2) is 6.55. The van der Waals surface area contributed by atoms with Gasteiger partial charge < -0.3 is 14.6 Å². The summed E-state index contributed by atoms with van der Waals surface area (Å²) in [4.78, 5) is 32.4. The van der Waals surface area contributed by atoms with Crippen molar-refractivity contribution in [2.75, 3.05) is 26.2 Å². The molecule has 2 atom stereocenters. The van der Waals surface area contributed by atoms with E-state index in [1.54, 1.807) is 17.4 Å². The molecule has 2 fully saturated rings. The zero-order valence-corrected chi connectivity index (χ0v) is 14.4. The molecule has 7 heteroatoms. The Bertz CT molecular complexity index is 601. The van der Waals surface area contributed by atoms with Crippen LogP contribution in [0.25, 0.3) is 0 Å². The number of carboxylic acid groups (broad SMARTS) is 1. The van der Waals surface area contributed by atoms with Crippen molar-refractivity contribution in [2.24, 2.45) is 11.3 Å². The summed E-state index contributed by atoms with van der Waals surface area (Å²) in [7, 11) is 0. The van der Waals surface area contributed by atoms with E-state index in [2.05, 4.69) is 23.7 Å². The van der Waals surface area contributed by atoms with Gasteiger partial charge in [0.25, 0.3) is 0 Å². The molecule has 2 unspecified atom stereocenters. The summed E-state index contributed by atoms with van der Waals surface area (Å²) in [5.74, 6) is -0.652. The summed E-state index contributed by atoms with van der Waals surface area (Å²) in [6.45, 7) is 7.17. The van der Waals surface area contributed by atoms with Gasteiger partial charge >= 0.3 is 5.97 Å². The number of carboxylic acids is 1. The highest BCUT2D eigenvalue weighted by Gasteiger charge is 2.58. The molecule has 24 heavy (non-hydrogen) atoms. The lowest BCUT2D eigenvalue weighted by atomic mass is 9.81.